The first-order valence-corrected chi connectivity index (χ1v) is 8.17. The summed E-state index contributed by atoms with van der Waals surface area (Å²) in [4.78, 5) is 34.8. The standard InChI is InChI=1S/C19H17N5O3/c1-12(13-5-3-2-4-6-13)23-19-14-9-16(20-10-15(14)21-11-22-19)24-17(25)7-8-18(26)27/h2-12H,1H3,(H,26,27)(H,20,24,25)(H,21,22,23)/b8-7+. The molecule has 0 spiro atoms. The van der Waals surface area contributed by atoms with Gasteiger partial charge in [-0.1, -0.05) is 30.3 Å². The second-order valence-corrected chi connectivity index (χ2v) is 5.75. The minimum Gasteiger partial charge on any atom is -0.478 e. The third kappa shape index (κ3) is 4.63. The number of hydrogen-bond acceptors (Lipinski definition) is 6. The Bertz CT molecular complexity index is 1000. The molecule has 0 bridgehead atoms. The zero-order valence-electron chi connectivity index (χ0n) is 14.5. The van der Waals surface area contributed by atoms with Gasteiger partial charge in [0, 0.05) is 23.6 Å². The summed E-state index contributed by atoms with van der Waals surface area (Å²) in [6.07, 6.45) is 4.64. The van der Waals surface area contributed by atoms with Gasteiger partial charge in [-0.25, -0.2) is 19.7 Å². The van der Waals surface area contributed by atoms with Crippen LogP contribution < -0.4 is 10.6 Å². The fraction of sp³-hybridized carbons (Fsp3) is 0.105. The fourth-order valence-corrected chi connectivity index (χ4v) is 2.49. The topological polar surface area (TPSA) is 117 Å². The van der Waals surface area contributed by atoms with Gasteiger partial charge in [0.25, 0.3) is 0 Å². The summed E-state index contributed by atoms with van der Waals surface area (Å²) in [5.74, 6) is -0.914. The summed E-state index contributed by atoms with van der Waals surface area (Å²) < 4.78 is 0. The molecular weight excluding hydrogens is 346 g/mol. The van der Waals surface area contributed by atoms with Crippen molar-refractivity contribution in [3.8, 4) is 0 Å². The van der Waals surface area contributed by atoms with Gasteiger partial charge < -0.3 is 15.7 Å². The highest BCUT2D eigenvalue weighted by Crippen LogP contribution is 2.25. The number of hydrogen-bond donors (Lipinski definition) is 3. The SMILES string of the molecule is CC(Nc1ncnc2cnc(NC(=O)/C=C/C(=O)O)cc12)c1ccccc1. The summed E-state index contributed by atoms with van der Waals surface area (Å²) in [6, 6.07) is 11.6. The molecule has 8 nitrogen and oxygen atoms in total. The molecule has 0 aliphatic heterocycles. The zero-order valence-corrected chi connectivity index (χ0v) is 14.5. The van der Waals surface area contributed by atoms with E-state index >= 15 is 0 Å². The van der Waals surface area contributed by atoms with Crippen molar-refractivity contribution in [2.45, 2.75) is 13.0 Å². The van der Waals surface area contributed by atoms with E-state index in [1.165, 1.54) is 12.5 Å². The van der Waals surface area contributed by atoms with Crippen LogP contribution in [0.4, 0.5) is 11.6 Å². The first-order chi connectivity index (χ1) is 13.0. The maximum atomic E-state index is 11.8. The van der Waals surface area contributed by atoms with Crippen LogP contribution in [0.5, 0.6) is 0 Å². The van der Waals surface area contributed by atoms with Crippen LogP contribution in [0.15, 0.2) is 61.1 Å². The number of benzene rings is 1. The number of aliphatic carboxylic acids is 1. The Labute approximate surface area is 155 Å². The van der Waals surface area contributed by atoms with Crippen LogP contribution in [0.1, 0.15) is 18.5 Å². The second kappa shape index (κ2) is 8.05. The van der Waals surface area contributed by atoms with Crippen LogP contribution in [-0.4, -0.2) is 31.9 Å². The first kappa shape index (κ1) is 18.0. The number of anilines is 2. The molecule has 3 N–H and O–H groups in total. The monoisotopic (exact) mass is 363 g/mol. The van der Waals surface area contributed by atoms with Crippen LogP contribution >= 0.6 is 0 Å². The molecule has 1 amide bonds. The third-order valence-electron chi connectivity index (χ3n) is 3.80. The number of pyridine rings is 1. The molecule has 1 atom stereocenters. The number of carbonyl (C=O) groups excluding carboxylic acids is 1. The molecule has 0 aliphatic carbocycles. The average molecular weight is 363 g/mol. The summed E-state index contributed by atoms with van der Waals surface area (Å²) >= 11 is 0. The van der Waals surface area contributed by atoms with E-state index in [0.717, 1.165) is 17.7 Å². The first-order valence-electron chi connectivity index (χ1n) is 8.17. The van der Waals surface area contributed by atoms with Crippen LogP contribution in [0.3, 0.4) is 0 Å². The number of rotatable bonds is 6. The van der Waals surface area contributed by atoms with E-state index < -0.39 is 11.9 Å². The smallest absolute Gasteiger partial charge is 0.328 e. The highest BCUT2D eigenvalue weighted by Gasteiger charge is 2.11. The lowest BCUT2D eigenvalue weighted by Gasteiger charge is -2.16. The zero-order chi connectivity index (χ0) is 19.2. The maximum absolute atomic E-state index is 11.8. The minimum absolute atomic E-state index is 0.00834. The predicted octanol–water partition coefficient (Wildman–Crippen LogP) is 2.78. The van der Waals surface area contributed by atoms with Crippen molar-refractivity contribution in [1.29, 1.82) is 0 Å². The molecule has 0 radical (unpaired) electrons. The molecule has 1 aromatic carbocycles. The molecule has 136 valence electrons. The number of nitrogens with zero attached hydrogens (tertiary/aromatic N) is 3. The van der Waals surface area contributed by atoms with Crippen LogP contribution in [0, 0.1) is 0 Å². The Morgan fingerprint density at radius 1 is 1.11 bits per heavy atom. The number of fused-ring (bicyclic) bond motifs is 1. The molecule has 1 unspecified atom stereocenters. The van der Waals surface area contributed by atoms with Crippen molar-refractivity contribution in [3.63, 3.8) is 0 Å². The van der Waals surface area contributed by atoms with Gasteiger partial charge in [0.1, 0.15) is 18.0 Å². The highest BCUT2D eigenvalue weighted by molar-refractivity contribution is 6.03. The number of carboxylic acid groups (broad SMARTS) is 1. The lowest BCUT2D eigenvalue weighted by Crippen LogP contribution is -2.11. The molecule has 3 rings (SSSR count). The van der Waals surface area contributed by atoms with E-state index in [0.29, 0.717) is 16.7 Å². The van der Waals surface area contributed by atoms with Crippen LogP contribution in [0.25, 0.3) is 10.9 Å². The molecule has 0 saturated carbocycles. The van der Waals surface area contributed by atoms with Crippen molar-refractivity contribution in [2.75, 3.05) is 10.6 Å². The summed E-state index contributed by atoms with van der Waals surface area (Å²) in [7, 11) is 0. The van der Waals surface area contributed by atoms with Gasteiger partial charge in [0.05, 0.1) is 11.7 Å². The molecule has 2 aromatic heterocycles. The molecule has 0 saturated heterocycles. The number of nitrogens with one attached hydrogen (secondary N) is 2. The molecule has 8 heteroatoms. The van der Waals surface area contributed by atoms with Crippen molar-refractivity contribution in [1.82, 2.24) is 15.0 Å². The number of carboxylic acids is 1. The van der Waals surface area contributed by atoms with Crippen molar-refractivity contribution in [3.05, 3.63) is 66.6 Å². The molecule has 2 heterocycles. The average Bonchev–Trinajstić information content (AvgIpc) is 2.67. The van der Waals surface area contributed by atoms with Gasteiger partial charge in [-0.05, 0) is 18.6 Å². The Morgan fingerprint density at radius 3 is 2.63 bits per heavy atom. The quantitative estimate of drug-likeness (QED) is 0.576. The molecule has 3 aromatic rings. The second-order valence-electron chi connectivity index (χ2n) is 5.75. The Morgan fingerprint density at radius 2 is 1.89 bits per heavy atom. The third-order valence-corrected chi connectivity index (χ3v) is 3.80. The highest BCUT2D eigenvalue weighted by atomic mass is 16.4. The van der Waals surface area contributed by atoms with E-state index in [4.69, 9.17) is 5.11 Å². The van der Waals surface area contributed by atoms with E-state index in [-0.39, 0.29) is 11.9 Å². The van der Waals surface area contributed by atoms with Gasteiger partial charge in [-0.2, -0.15) is 0 Å². The van der Waals surface area contributed by atoms with Crippen LogP contribution in [-0.2, 0) is 9.59 Å². The predicted molar refractivity (Wildman–Crippen MR) is 101 cm³/mol. The number of carbonyl (C=O) groups is 2. The Hall–Kier alpha value is -3.81. The van der Waals surface area contributed by atoms with Gasteiger partial charge in [-0.15, -0.1) is 0 Å². The van der Waals surface area contributed by atoms with Crippen molar-refractivity contribution >= 4 is 34.4 Å². The Balaban J connectivity index is 1.86. The molecule has 27 heavy (non-hydrogen) atoms. The van der Waals surface area contributed by atoms with Crippen LogP contribution in [0.2, 0.25) is 0 Å². The maximum Gasteiger partial charge on any atom is 0.328 e. The van der Waals surface area contributed by atoms with Gasteiger partial charge >= 0.3 is 5.97 Å². The van der Waals surface area contributed by atoms with E-state index in [1.54, 1.807) is 6.07 Å². The molecular formula is C19H17N5O3. The minimum atomic E-state index is -1.20. The van der Waals surface area contributed by atoms with Gasteiger partial charge in [0.2, 0.25) is 5.91 Å². The molecule has 0 fully saturated rings. The van der Waals surface area contributed by atoms with E-state index in [1.807, 2.05) is 37.3 Å². The van der Waals surface area contributed by atoms with E-state index in [9.17, 15) is 9.59 Å². The van der Waals surface area contributed by atoms with Crippen molar-refractivity contribution in [2.24, 2.45) is 0 Å². The summed E-state index contributed by atoms with van der Waals surface area (Å²) in [6.45, 7) is 2.02. The number of amides is 1. The summed E-state index contributed by atoms with van der Waals surface area (Å²) in [5.41, 5.74) is 1.72. The lowest BCUT2D eigenvalue weighted by atomic mass is 10.1. The Kier molecular flexibility index (Phi) is 5.36. The van der Waals surface area contributed by atoms with Crippen molar-refractivity contribution < 1.29 is 14.7 Å². The fourth-order valence-electron chi connectivity index (χ4n) is 2.49. The molecule has 0 aliphatic rings. The summed E-state index contributed by atoms with van der Waals surface area (Å²) in [5, 5.41) is 15.1. The normalized spacial score (nSPS) is 12.0. The number of aromatic nitrogens is 3. The van der Waals surface area contributed by atoms with Gasteiger partial charge in [-0.3, -0.25) is 4.79 Å². The van der Waals surface area contributed by atoms with E-state index in [2.05, 4.69) is 25.6 Å². The lowest BCUT2D eigenvalue weighted by molar-refractivity contribution is -0.131. The largest absolute Gasteiger partial charge is 0.478 e. The van der Waals surface area contributed by atoms with Gasteiger partial charge in [0.15, 0.2) is 0 Å².